The van der Waals surface area contributed by atoms with Gasteiger partial charge in [-0.3, -0.25) is 9.78 Å². The Balaban J connectivity index is 1.58. The molecule has 1 amide bonds. The van der Waals surface area contributed by atoms with Crippen LogP contribution in [0.3, 0.4) is 0 Å². The van der Waals surface area contributed by atoms with Gasteiger partial charge < -0.3 is 10.6 Å². The first-order valence-corrected chi connectivity index (χ1v) is 6.65. The van der Waals surface area contributed by atoms with E-state index in [1.807, 2.05) is 18.3 Å². The summed E-state index contributed by atoms with van der Waals surface area (Å²) in [5, 5.41) is 7.51. The summed E-state index contributed by atoms with van der Waals surface area (Å²) in [6.07, 6.45) is 3.41. The maximum atomic E-state index is 11.1. The third kappa shape index (κ3) is 2.90. The molecule has 1 aromatic heterocycles. The molecule has 0 saturated carbocycles. The number of carbonyl (C=O) groups excluding carboxylic acids is 1. The number of amides is 1. The summed E-state index contributed by atoms with van der Waals surface area (Å²) in [7, 11) is 0. The van der Waals surface area contributed by atoms with Gasteiger partial charge in [0.2, 0.25) is 5.91 Å². The summed E-state index contributed by atoms with van der Waals surface area (Å²) in [5.41, 5.74) is 2.26. The summed E-state index contributed by atoms with van der Waals surface area (Å²) in [4.78, 5) is 15.4. The summed E-state index contributed by atoms with van der Waals surface area (Å²) in [6, 6.07) is 10.6. The largest absolute Gasteiger partial charge is 0.352 e. The average Bonchev–Trinajstić information content (AvgIpc) is 2.84. The van der Waals surface area contributed by atoms with Crippen LogP contribution in [-0.2, 0) is 11.3 Å². The Kier molecular flexibility index (Phi) is 3.42. The molecule has 0 radical (unpaired) electrons. The van der Waals surface area contributed by atoms with Crippen LogP contribution >= 0.6 is 0 Å². The van der Waals surface area contributed by atoms with Gasteiger partial charge in [-0.05, 0) is 30.2 Å². The Morgan fingerprint density at radius 2 is 2.32 bits per heavy atom. The van der Waals surface area contributed by atoms with Crippen LogP contribution in [0.2, 0.25) is 0 Å². The second kappa shape index (κ2) is 5.36. The lowest BCUT2D eigenvalue weighted by Gasteiger charge is -2.11. The number of nitrogens with one attached hydrogen (secondary N) is 2. The molecule has 0 spiro atoms. The van der Waals surface area contributed by atoms with E-state index < -0.39 is 0 Å². The predicted octanol–water partition coefficient (Wildman–Crippen LogP) is 1.60. The lowest BCUT2D eigenvalue weighted by molar-refractivity contribution is -0.119. The van der Waals surface area contributed by atoms with Gasteiger partial charge in [0.15, 0.2) is 0 Å². The Labute approximate surface area is 112 Å². The number of hydrogen-bond acceptors (Lipinski definition) is 3. The fourth-order valence-corrected chi connectivity index (χ4v) is 2.46. The molecule has 1 atom stereocenters. The van der Waals surface area contributed by atoms with Gasteiger partial charge in [-0.1, -0.05) is 12.1 Å². The molecule has 0 bridgehead atoms. The second-order valence-corrected chi connectivity index (χ2v) is 4.96. The number of carbonyl (C=O) groups is 1. The molecule has 19 heavy (non-hydrogen) atoms. The third-order valence-electron chi connectivity index (χ3n) is 3.47. The molecule has 2 aromatic rings. The van der Waals surface area contributed by atoms with Crippen molar-refractivity contribution in [1.29, 1.82) is 0 Å². The van der Waals surface area contributed by atoms with E-state index in [4.69, 9.17) is 0 Å². The van der Waals surface area contributed by atoms with Crippen LogP contribution in [0.1, 0.15) is 18.4 Å². The highest BCUT2D eigenvalue weighted by Crippen LogP contribution is 2.13. The minimum Gasteiger partial charge on any atom is -0.352 e. The molecule has 4 nitrogen and oxygen atoms in total. The van der Waals surface area contributed by atoms with E-state index in [2.05, 4.69) is 33.8 Å². The normalized spacial score (nSPS) is 18.7. The van der Waals surface area contributed by atoms with Gasteiger partial charge in [0, 0.05) is 37.1 Å². The summed E-state index contributed by atoms with van der Waals surface area (Å²) in [6.45, 7) is 1.65. The lowest BCUT2D eigenvalue weighted by Crippen LogP contribution is -2.35. The number of aromatic nitrogens is 1. The van der Waals surface area contributed by atoms with E-state index in [1.54, 1.807) is 0 Å². The van der Waals surface area contributed by atoms with E-state index >= 15 is 0 Å². The Morgan fingerprint density at radius 1 is 1.37 bits per heavy atom. The maximum absolute atomic E-state index is 11.1. The average molecular weight is 255 g/mol. The number of nitrogens with zero attached hydrogens (tertiary/aromatic N) is 1. The Morgan fingerprint density at radius 3 is 3.16 bits per heavy atom. The van der Waals surface area contributed by atoms with E-state index in [0.29, 0.717) is 6.42 Å². The van der Waals surface area contributed by atoms with Gasteiger partial charge in [0.05, 0.1) is 5.52 Å². The summed E-state index contributed by atoms with van der Waals surface area (Å²) in [5.74, 6) is 0.170. The molecule has 1 unspecified atom stereocenters. The highest BCUT2D eigenvalue weighted by atomic mass is 16.1. The number of hydrogen-bond donors (Lipinski definition) is 2. The molecular weight excluding hydrogens is 238 g/mol. The maximum Gasteiger partial charge on any atom is 0.220 e. The smallest absolute Gasteiger partial charge is 0.220 e. The van der Waals surface area contributed by atoms with Crippen molar-refractivity contribution in [3.8, 4) is 0 Å². The quantitative estimate of drug-likeness (QED) is 0.872. The molecule has 3 rings (SSSR count). The van der Waals surface area contributed by atoms with Gasteiger partial charge in [0.25, 0.3) is 0 Å². The molecule has 1 saturated heterocycles. The Bertz CT molecular complexity index is 597. The van der Waals surface area contributed by atoms with Crippen molar-refractivity contribution in [3.63, 3.8) is 0 Å². The topological polar surface area (TPSA) is 54.0 Å². The fourth-order valence-electron chi connectivity index (χ4n) is 2.46. The van der Waals surface area contributed by atoms with E-state index in [9.17, 15) is 4.79 Å². The number of rotatable bonds is 4. The first-order valence-electron chi connectivity index (χ1n) is 6.65. The third-order valence-corrected chi connectivity index (χ3v) is 3.47. The van der Waals surface area contributed by atoms with E-state index in [1.165, 1.54) is 5.56 Å². The summed E-state index contributed by atoms with van der Waals surface area (Å²) >= 11 is 0. The number of fused-ring (bicyclic) bond motifs is 1. The van der Waals surface area contributed by atoms with Crippen LogP contribution in [0.15, 0.2) is 36.5 Å². The van der Waals surface area contributed by atoms with Crippen molar-refractivity contribution in [1.82, 2.24) is 15.6 Å². The van der Waals surface area contributed by atoms with Crippen LogP contribution in [0.25, 0.3) is 10.9 Å². The van der Waals surface area contributed by atoms with Crippen LogP contribution < -0.4 is 10.6 Å². The molecule has 1 aromatic carbocycles. The highest BCUT2D eigenvalue weighted by molar-refractivity contribution is 5.79. The highest BCUT2D eigenvalue weighted by Gasteiger charge is 2.19. The molecule has 1 fully saturated rings. The van der Waals surface area contributed by atoms with E-state index in [-0.39, 0.29) is 11.9 Å². The van der Waals surface area contributed by atoms with Crippen LogP contribution in [0.4, 0.5) is 0 Å². The van der Waals surface area contributed by atoms with Gasteiger partial charge in [0.1, 0.15) is 0 Å². The molecule has 98 valence electrons. The first-order chi connectivity index (χ1) is 9.31. The van der Waals surface area contributed by atoms with E-state index in [0.717, 1.165) is 30.4 Å². The molecule has 1 aliphatic heterocycles. The Hall–Kier alpha value is -1.94. The monoisotopic (exact) mass is 255 g/mol. The van der Waals surface area contributed by atoms with Crippen molar-refractivity contribution < 1.29 is 4.79 Å². The second-order valence-electron chi connectivity index (χ2n) is 4.96. The van der Waals surface area contributed by atoms with Crippen molar-refractivity contribution in [2.75, 3.05) is 6.54 Å². The number of pyridine rings is 1. The molecule has 0 aliphatic carbocycles. The van der Waals surface area contributed by atoms with Gasteiger partial charge in [-0.2, -0.15) is 0 Å². The van der Waals surface area contributed by atoms with Crippen LogP contribution in [0, 0.1) is 0 Å². The minimum atomic E-state index is 0.170. The van der Waals surface area contributed by atoms with Crippen molar-refractivity contribution in [2.45, 2.75) is 25.4 Å². The molecule has 1 aliphatic rings. The fraction of sp³-hybridized carbons (Fsp3) is 0.333. The molecular formula is C15H17N3O. The van der Waals surface area contributed by atoms with Crippen LogP contribution in [0.5, 0.6) is 0 Å². The molecule has 2 N–H and O–H groups in total. The standard InChI is InChI=1S/C15H17N3O/c19-15-6-4-13(18-15)10-16-9-11-3-5-14-12(8-11)2-1-7-17-14/h1-3,5,7-8,13,16H,4,6,9-10H2,(H,18,19). The van der Waals surface area contributed by atoms with Gasteiger partial charge in [-0.25, -0.2) is 0 Å². The minimum absolute atomic E-state index is 0.170. The molecule has 4 heteroatoms. The SMILES string of the molecule is O=C1CCC(CNCc2ccc3ncccc3c2)N1. The zero-order valence-corrected chi connectivity index (χ0v) is 10.7. The predicted molar refractivity (Wildman–Crippen MR) is 74.6 cm³/mol. The first kappa shape index (κ1) is 12.1. The number of benzene rings is 1. The van der Waals surface area contributed by atoms with Crippen molar-refractivity contribution >= 4 is 16.8 Å². The zero-order chi connectivity index (χ0) is 13.1. The lowest BCUT2D eigenvalue weighted by atomic mass is 10.1. The zero-order valence-electron chi connectivity index (χ0n) is 10.7. The van der Waals surface area contributed by atoms with Gasteiger partial charge in [-0.15, -0.1) is 0 Å². The molecule has 2 heterocycles. The van der Waals surface area contributed by atoms with Gasteiger partial charge >= 0.3 is 0 Å². The van der Waals surface area contributed by atoms with Crippen molar-refractivity contribution in [2.24, 2.45) is 0 Å². The van der Waals surface area contributed by atoms with Crippen LogP contribution in [-0.4, -0.2) is 23.5 Å². The summed E-state index contributed by atoms with van der Waals surface area (Å²) < 4.78 is 0. The van der Waals surface area contributed by atoms with Crippen molar-refractivity contribution in [3.05, 3.63) is 42.1 Å².